The zero-order valence-electron chi connectivity index (χ0n) is 16.5. The van der Waals surface area contributed by atoms with E-state index in [9.17, 15) is 0 Å². The molecule has 2 heterocycles. The van der Waals surface area contributed by atoms with Crippen LogP contribution in [0.25, 0.3) is 5.82 Å². The topological polar surface area (TPSA) is 67.1 Å². The van der Waals surface area contributed by atoms with Crippen molar-refractivity contribution in [3.05, 3.63) is 77.7 Å². The summed E-state index contributed by atoms with van der Waals surface area (Å²) < 4.78 is 1.75. The predicted molar refractivity (Wildman–Crippen MR) is 125 cm³/mol. The van der Waals surface area contributed by atoms with Gasteiger partial charge in [0.25, 0.3) is 0 Å². The normalized spacial score (nSPS) is 12.2. The maximum atomic E-state index is 4.36. The zero-order valence-corrected chi connectivity index (χ0v) is 18.8. The molecular weight excluding hydrogens is 463 g/mol. The van der Waals surface area contributed by atoms with Gasteiger partial charge in [0.15, 0.2) is 11.8 Å². The average Bonchev–Trinajstić information content (AvgIpc) is 3.23. The minimum atomic E-state index is 0. The molecule has 28 heavy (non-hydrogen) atoms. The van der Waals surface area contributed by atoms with Crippen molar-refractivity contribution in [1.82, 2.24) is 25.4 Å². The van der Waals surface area contributed by atoms with Crippen LogP contribution in [0.1, 0.15) is 29.5 Å². The number of guanidine groups is 1. The van der Waals surface area contributed by atoms with Gasteiger partial charge < -0.3 is 10.6 Å². The van der Waals surface area contributed by atoms with Crippen LogP contribution in [0.4, 0.5) is 0 Å². The second kappa shape index (κ2) is 10.8. The highest BCUT2D eigenvalue weighted by molar-refractivity contribution is 14.0. The number of halogens is 1. The Kier molecular flexibility index (Phi) is 8.43. The van der Waals surface area contributed by atoms with Gasteiger partial charge in [-0.25, -0.2) is 9.67 Å². The molecule has 2 aromatic heterocycles. The molecule has 3 rings (SSSR count). The number of aliphatic imine (C=N–C) groups is 1. The van der Waals surface area contributed by atoms with E-state index in [0.717, 1.165) is 23.9 Å². The summed E-state index contributed by atoms with van der Waals surface area (Å²) in [6.45, 7) is 5.82. The van der Waals surface area contributed by atoms with Crippen LogP contribution in [0.5, 0.6) is 0 Å². The molecule has 0 radical (unpaired) electrons. The van der Waals surface area contributed by atoms with Crippen molar-refractivity contribution in [1.29, 1.82) is 0 Å². The van der Waals surface area contributed by atoms with E-state index in [1.54, 1.807) is 24.1 Å². The first-order chi connectivity index (χ1) is 13.2. The monoisotopic (exact) mass is 490 g/mol. The second-order valence-corrected chi connectivity index (χ2v) is 6.59. The smallest absolute Gasteiger partial charge is 0.191 e. The SMILES string of the molecule is CN=C(NCc1ccnc(-n2cccn2)c1)NCC(C)c1cccc(C)c1.I. The van der Waals surface area contributed by atoms with Gasteiger partial charge in [-0.1, -0.05) is 36.8 Å². The van der Waals surface area contributed by atoms with Crippen LogP contribution in [-0.2, 0) is 6.54 Å². The van der Waals surface area contributed by atoms with Crippen molar-refractivity contribution < 1.29 is 0 Å². The van der Waals surface area contributed by atoms with Crippen molar-refractivity contribution >= 4 is 29.9 Å². The summed E-state index contributed by atoms with van der Waals surface area (Å²) in [5.41, 5.74) is 3.73. The van der Waals surface area contributed by atoms with E-state index in [4.69, 9.17) is 0 Å². The summed E-state index contributed by atoms with van der Waals surface area (Å²) >= 11 is 0. The highest BCUT2D eigenvalue weighted by Crippen LogP contribution is 2.15. The third kappa shape index (κ3) is 6.05. The molecule has 2 N–H and O–H groups in total. The highest BCUT2D eigenvalue weighted by atomic mass is 127. The Morgan fingerprint density at radius 2 is 2.00 bits per heavy atom. The maximum Gasteiger partial charge on any atom is 0.191 e. The first-order valence-electron chi connectivity index (χ1n) is 9.11. The van der Waals surface area contributed by atoms with Crippen molar-refractivity contribution in [3.8, 4) is 5.82 Å². The highest BCUT2D eigenvalue weighted by Gasteiger charge is 2.07. The van der Waals surface area contributed by atoms with Crippen molar-refractivity contribution in [2.45, 2.75) is 26.3 Å². The van der Waals surface area contributed by atoms with Crippen molar-refractivity contribution in [2.75, 3.05) is 13.6 Å². The molecule has 0 amide bonds. The fourth-order valence-corrected chi connectivity index (χ4v) is 2.85. The van der Waals surface area contributed by atoms with Crippen molar-refractivity contribution in [3.63, 3.8) is 0 Å². The Bertz CT molecular complexity index is 891. The molecule has 1 atom stereocenters. The van der Waals surface area contributed by atoms with Crippen LogP contribution in [0.15, 0.2) is 66.0 Å². The number of aromatic nitrogens is 3. The minimum Gasteiger partial charge on any atom is -0.356 e. The van der Waals surface area contributed by atoms with Gasteiger partial charge >= 0.3 is 0 Å². The predicted octanol–water partition coefficient (Wildman–Crippen LogP) is 3.66. The molecular formula is C21H27IN6. The van der Waals surface area contributed by atoms with Gasteiger partial charge in [-0.05, 0) is 42.2 Å². The van der Waals surface area contributed by atoms with Gasteiger partial charge in [-0.2, -0.15) is 5.10 Å². The molecule has 0 bridgehead atoms. The van der Waals surface area contributed by atoms with Crippen LogP contribution in [-0.4, -0.2) is 34.3 Å². The summed E-state index contributed by atoms with van der Waals surface area (Å²) in [4.78, 5) is 8.68. The summed E-state index contributed by atoms with van der Waals surface area (Å²) in [5, 5.41) is 11.0. The Hall–Kier alpha value is -2.42. The molecule has 7 heteroatoms. The average molecular weight is 490 g/mol. The fourth-order valence-electron chi connectivity index (χ4n) is 2.85. The van der Waals surface area contributed by atoms with Gasteiger partial charge in [-0.3, -0.25) is 4.99 Å². The Morgan fingerprint density at radius 3 is 2.71 bits per heavy atom. The van der Waals surface area contributed by atoms with Gasteiger partial charge in [0, 0.05) is 38.7 Å². The first-order valence-corrected chi connectivity index (χ1v) is 9.11. The van der Waals surface area contributed by atoms with Crippen LogP contribution >= 0.6 is 24.0 Å². The maximum absolute atomic E-state index is 4.36. The summed E-state index contributed by atoms with van der Waals surface area (Å²) in [6.07, 6.45) is 5.42. The van der Waals surface area contributed by atoms with E-state index in [1.165, 1.54) is 11.1 Å². The number of nitrogens with one attached hydrogen (secondary N) is 2. The van der Waals surface area contributed by atoms with E-state index < -0.39 is 0 Å². The van der Waals surface area contributed by atoms with Gasteiger partial charge in [0.1, 0.15) is 0 Å². The Balaban J connectivity index is 0.00000280. The fraction of sp³-hybridized carbons (Fsp3) is 0.286. The van der Waals surface area contributed by atoms with Gasteiger partial charge in [-0.15, -0.1) is 24.0 Å². The van der Waals surface area contributed by atoms with Gasteiger partial charge in [0.2, 0.25) is 0 Å². The molecule has 0 aliphatic rings. The summed E-state index contributed by atoms with van der Waals surface area (Å²) in [6, 6.07) is 14.5. The third-order valence-electron chi connectivity index (χ3n) is 4.42. The summed E-state index contributed by atoms with van der Waals surface area (Å²) in [7, 11) is 1.79. The molecule has 0 aliphatic heterocycles. The zero-order chi connectivity index (χ0) is 19.1. The lowest BCUT2D eigenvalue weighted by Gasteiger charge is -2.17. The van der Waals surface area contributed by atoms with Crippen LogP contribution in [0.3, 0.4) is 0 Å². The first kappa shape index (κ1) is 21.9. The van der Waals surface area contributed by atoms with E-state index >= 15 is 0 Å². The molecule has 3 aromatic rings. The summed E-state index contributed by atoms with van der Waals surface area (Å²) in [5.74, 6) is 1.98. The van der Waals surface area contributed by atoms with Crippen molar-refractivity contribution in [2.24, 2.45) is 4.99 Å². The number of aryl methyl sites for hydroxylation is 1. The number of nitrogens with zero attached hydrogens (tertiary/aromatic N) is 4. The Morgan fingerprint density at radius 1 is 1.14 bits per heavy atom. The van der Waals surface area contributed by atoms with E-state index in [-0.39, 0.29) is 24.0 Å². The Labute approximate surface area is 183 Å². The number of pyridine rings is 1. The van der Waals surface area contributed by atoms with E-state index in [0.29, 0.717) is 12.5 Å². The van der Waals surface area contributed by atoms with E-state index in [1.807, 2.05) is 24.4 Å². The number of hydrogen-bond acceptors (Lipinski definition) is 3. The molecule has 6 nitrogen and oxygen atoms in total. The number of benzene rings is 1. The quantitative estimate of drug-likeness (QED) is 0.315. The third-order valence-corrected chi connectivity index (χ3v) is 4.42. The number of rotatable bonds is 6. The number of hydrogen-bond donors (Lipinski definition) is 2. The molecule has 0 saturated carbocycles. The second-order valence-electron chi connectivity index (χ2n) is 6.59. The minimum absolute atomic E-state index is 0. The molecule has 1 unspecified atom stereocenters. The van der Waals surface area contributed by atoms with Crippen LogP contribution < -0.4 is 10.6 Å². The molecule has 0 spiro atoms. The van der Waals surface area contributed by atoms with Crippen LogP contribution in [0.2, 0.25) is 0 Å². The van der Waals surface area contributed by atoms with Gasteiger partial charge in [0.05, 0.1) is 0 Å². The lowest BCUT2D eigenvalue weighted by molar-refractivity contribution is 0.698. The van der Waals surface area contributed by atoms with E-state index in [2.05, 4.69) is 63.8 Å². The molecule has 1 aromatic carbocycles. The van der Waals surface area contributed by atoms with Crippen LogP contribution in [0, 0.1) is 6.92 Å². The lowest BCUT2D eigenvalue weighted by Crippen LogP contribution is -2.38. The largest absolute Gasteiger partial charge is 0.356 e. The standard InChI is InChI=1S/C21H26N6.HI/c1-16-6-4-7-19(12-16)17(2)14-24-21(22-3)25-15-18-8-10-23-20(13-18)27-11-5-9-26-27;/h4-13,17H,14-15H2,1-3H3,(H2,22,24,25);1H. The molecule has 148 valence electrons. The lowest BCUT2D eigenvalue weighted by atomic mass is 9.99. The molecule has 0 saturated heterocycles. The molecule has 0 fully saturated rings. The molecule has 0 aliphatic carbocycles.